The Bertz CT molecular complexity index is 2240. The number of hydrogen-bond donors (Lipinski definition) is 0. The van der Waals surface area contributed by atoms with Gasteiger partial charge in [-0.2, -0.15) is 0 Å². The Labute approximate surface area is 244 Å². The van der Waals surface area contributed by atoms with Gasteiger partial charge in [0.1, 0.15) is 11.5 Å². The first-order valence-electron chi connectivity index (χ1n) is 14.6. The second kappa shape index (κ2) is 7.87. The van der Waals surface area contributed by atoms with Gasteiger partial charge in [-0.3, -0.25) is 0 Å². The van der Waals surface area contributed by atoms with Crippen LogP contribution in [0.15, 0.2) is 146 Å². The Morgan fingerprint density at radius 1 is 0.381 bits per heavy atom. The van der Waals surface area contributed by atoms with Gasteiger partial charge in [-0.1, -0.05) is 133 Å². The van der Waals surface area contributed by atoms with Gasteiger partial charge in [0.05, 0.1) is 5.41 Å². The van der Waals surface area contributed by atoms with Crippen LogP contribution in [-0.4, -0.2) is 0 Å². The van der Waals surface area contributed by atoms with Crippen LogP contribution in [0.25, 0.3) is 55.3 Å². The molecule has 0 aromatic heterocycles. The van der Waals surface area contributed by atoms with E-state index in [1.54, 1.807) is 0 Å². The van der Waals surface area contributed by atoms with Gasteiger partial charge < -0.3 is 4.74 Å². The summed E-state index contributed by atoms with van der Waals surface area (Å²) in [5.41, 5.74) is 15.1. The van der Waals surface area contributed by atoms with Crippen LogP contribution in [0.3, 0.4) is 0 Å². The lowest BCUT2D eigenvalue weighted by molar-refractivity contribution is 0.489. The summed E-state index contributed by atoms with van der Waals surface area (Å²) in [5, 5.41) is 2.39. The molecule has 42 heavy (non-hydrogen) atoms. The average Bonchev–Trinajstić information content (AvgIpc) is 3.52. The third-order valence-corrected chi connectivity index (χ3v) is 9.69. The van der Waals surface area contributed by atoms with Gasteiger partial charge in [-0.15, -0.1) is 0 Å². The molecule has 0 fully saturated rings. The van der Waals surface area contributed by atoms with Crippen molar-refractivity contribution in [1.82, 2.24) is 0 Å². The summed E-state index contributed by atoms with van der Waals surface area (Å²) in [4.78, 5) is 0. The summed E-state index contributed by atoms with van der Waals surface area (Å²) in [5.74, 6) is 1.86. The van der Waals surface area contributed by atoms with Crippen molar-refractivity contribution >= 4 is 10.8 Å². The number of hydrogen-bond acceptors (Lipinski definition) is 1. The van der Waals surface area contributed by atoms with E-state index in [9.17, 15) is 0 Å². The topological polar surface area (TPSA) is 9.23 Å². The maximum Gasteiger partial charge on any atom is 0.143 e. The summed E-state index contributed by atoms with van der Waals surface area (Å²) in [6.45, 7) is 0. The third kappa shape index (κ3) is 2.60. The van der Waals surface area contributed by atoms with E-state index in [2.05, 4.69) is 146 Å². The smallest absolute Gasteiger partial charge is 0.143 e. The molecule has 0 amide bonds. The number of ether oxygens (including phenoxy) is 1. The highest BCUT2D eigenvalue weighted by atomic mass is 16.5. The van der Waals surface area contributed by atoms with Gasteiger partial charge in [-0.25, -0.2) is 0 Å². The van der Waals surface area contributed by atoms with Crippen LogP contribution in [-0.2, 0) is 5.41 Å². The molecule has 2 aliphatic carbocycles. The lowest BCUT2D eigenvalue weighted by atomic mass is 9.70. The fourth-order valence-corrected chi connectivity index (χ4v) is 8.08. The normalized spacial score (nSPS) is 14.1. The Morgan fingerprint density at radius 2 is 0.905 bits per heavy atom. The molecule has 0 unspecified atom stereocenters. The Morgan fingerprint density at radius 3 is 1.62 bits per heavy atom. The summed E-state index contributed by atoms with van der Waals surface area (Å²) in [6.07, 6.45) is 0. The van der Waals surface area contributed by atoms with E-state index in [0.29, 0.717) is 0 Å². The molecule has 1 heteroatoms. The average molecular weight is 533 g/mol. The lowest BCUT2D eigenvalue weighted by Crippen LogP contribution is -2.25. The van der Waals surface area contributed by atoms with E-state index < -0.39 is 0 Å². The zero-order valence-corrected chi connectivity index (χ0v) is 22.8. The van der Waals surface area contributed by atoms with Gasteiger partial charge >= 0.3 is 0 Å². The Balaban J connectivity index is 1.24. The lowest BCUT2D eigenvalue weighted by Gasteiger charge is -2.30. The number of para-hydroxylation sites is 1. The first kappa shape index (κ1) is 22.3. The summed E-state index contributed by atoms with van der Waals surface area (Å²) in [7, 11) is 0. The van der Waals surface area contributed by atoms with E-state index >= 15 is 0 Å². The Hall–Kier alpha value is -5.40. The molecule has 1 spiro atoms. The molecule has 7 aromatic carbocycles. The standard InChI is InChI=1S/C41H24O/c1-4-18-34-28(12-1)29-13-2-5-19-35(29)41(34)36-20-6-3-14-30(36)33-24-26(22-23-37(33)41)27-15-9-17-32-31-16-7-10-25-11-8-21-38(39(25)31)42-40(27)32/h1-24H. The van der Waals surface area contributed by atoms with Crippen molar-refractivity contribution in [2.24, 2.45) is 0 Å². The predicted octanol–water partition coefficient (Wildman–Crippen LogP) is 10.6. The van der Waals surface area contributed by atoms with Crippen molar-refractivity contribution in [3.63, 3.8) is 0 Å². The minimum atomic E-state index is -0.321. The monoisotopic (exact) mass is 532 g/mol. The molecule has 0 N–H and O–H groups in total. The van der Waals surface area contributed by atoms with Crippen molar-refractivity contribution in [3.8, 4) is 56.0 Å². The van der Waals surface area contributed by atoms with Crippen LogP contribution < -0.4 is 4.74 Å². The molecule has 3 aliphatic rings. The zero-order chi connectivity index (χ0) is 27.4. The van der Waals surface area contributed by atoms with Gasteiger partial charge in [0.15, 0.2) is 0 Å². The van der Waals surface area contributed by atoms with Crippen LogP contribution in [0, 0.1) is 0 Å². The molecule has 0 atom stereocenters. The van der Waals surface area contributed by atoms with E-state index in [1.807, 2.05) is 0 Å². The third-order valence-electron chi connectivity index (χ3n) is 9.69. The van der Waals surface area contributed by atoms with Crippen molar-refractivity contribution in [1.29, 1.82) is 0 Å². The van der Waals surface area contributed by atoms with Crippen molar-refractivity contribution in [3.05, 3.63) is 168 Å². The molecule has 7 aromatic rings. The fourth-order valence-electron chi connectivity index (χ4n) is 8.08. The number of fused-ring (bicyclic) bond motifs is 12. The second-order valence-electron chi connectivity index (χ2n) is 11.6. The van der Waals surface area contributed by atoms with E-state index in [4.69, 9.17) is 4.74 Å². The molecule has 1 heterocycles. The van der Waals surface area contributed by atoms with Crippen LogP contribution in [0.2, 0.25) is 0 Å². The number of benzene rings is 7. The molecule has 1 nitrogen and oxygen atoms in total. The fraction of sp³-hybridized carbons (Fsp3) is 0.0244. The first-order valence-corrected chi connectivity index (χ1v) is 14.6. The predicted molar refractivity (Wildman–Crippen MR) is 171 cm³/mol. The largest absolute Gasteiger partial charge is 0.455 e. The van der Waals surface area contributed by atoms with Crippen molar-refractivity contribution < 1.29 is 4.74 Å². The second-order valence-corrected chi connectivity index (χ2v) is 11.6. The molecule has 1 aliphatic heterocycles. The summed E-state index contributed by atoms with van der Waals surface area (Å²) >= 11 is 0. The van der Waals surface area contributed by atoms with Gasteiger partial charge in [0, 0.05) is 16.5 Å². The van der Waals surface area contributed by atoms with E-state index in [0.717, 1.165) is 22.6 Å². The molecule has 0 bridgehead atoms. The number of rotatable bonds is 1. The van der Waals surface area contributed by atoms with E-state index in [-0.39, 0.29) is 5.41 Å². The molecule has 194 valence electrons. The van der Waals surface area contributed by atoms with Crippen LogP contribution in [0.5, 0.6) is 11.5 Å². The van der Waals surface area contributed by atoms with Gasteiger partial charge in [-0.05, 0) is 73.2 Å². The van der Waals surface area contributed by atoms with Crippen LogP contribution in [0.1, 0.15) is 22.3 Å². The van der Waals surface area contributed by atoms with Crippen molar-refractivity contribution in [2.75, 3.05) is 0 Å². The quantitative estimate of drug-likeness (QED) is 0.204. The maximum atomic E-state index is 6.71. The SMILES string of the molecule is c1ccc2c(c1)-c1ccccc1C21c2ccccc2-c2cc(-c3cccc4c3Oc3cccc5cccc-4c35)ccc21. The van der Waals surface area contributed by atoms with Gasteiger partial charge in [0.25, 0.3) is 0 Å². The van der Waals surface area contributed by atoms with Crippen LogP contribution >= 0.6 is 0 Å². The van der Waals surface area contributed by atoms with Crippen molar-refractivity contribution in [2.45, 2.75) is 5.41 Å². The molecule has 0 saturated carbocycles. The zero-order valence-electron chi connectivity index (χ0n) is 22.8. The highest BCUT2D eigenvalue weighted by molar-refractivity contribution is 6.06. The maximum absolute atomic E-state index is 6.71. The first-order chi connectivity index (χ1) is 20.8. The molecule has 10 rings (SSSR count). The molecular weight excluding hydrogens is 508 g/mol. The van der Waals surface area contributed by atoms with Gasteiger partial charge in [0.2, 0.25) is 0 Å². The summed E-state index contributed by atoms with van der Waals surface area (Å²) < 4.78 is 6.71. The minimum absolute atomic E-state index is 0.321. The molecular formula is C41H24O. The highest BCUT2D eigenvalue weighted by Crippen LogP contribution is 2.63. The molecule has 0 saturated heterocycles. The van der Waals surface area contributed by atoms with Crippen LogP contribution in [0.4, 0.5) is 0 Å². The van der Waals surface area contributed by atoms with E-state index in [1.165, 1.54) is 66.4 Å². The highest BCUT2D eigenvalue weighted by Gasteiger charge is 2.51. The summed E-state index contributed by atoms with van der Waals surface area (Å²) in [6, 6.07) is 53.4. The molecule has 0 radical (unpaired) electrons. The minimum Gasteiger partial charge on any atom is -0.455 e. The Kier molecular flexibility index (Phi) is 4.18.